The minimum Gasteiger partial charge on any atom is -0.384 e. The summed E-state index contributed by atoms with van der Waals surface area (Å²) in [6.45, 7) is 5.31. The van der Waals surface area contributed by atoms with Crippen molar-refractivity contribution in [2.24, 2.45) is 0 Å². The Morgan fingerprint density at radius 2 is 1.80 bits per heavy atom. The highest BCUT2D eigenvalue weighted by Gasteiger charge is 2.18. The molecule has 3 rings (SSSR count). The van der Waals surface area contributed by atoms with E-state index < -0.39 is 9.84 Å². The summed E-state index contributed by atoms with van der Waals surface area (Å²) in [6.07, 6.45) is 2.98. The Morgan fingerprint density at radius 1 is 1.07 bits per heavy atom. The van der Waals surface area contributed by atoms with Gasteiger partial charge in [0, 0.05) is 25.8 Å². The van der Waals surface area contributed by atoms with E-state index in [1.54, 1.807) is 31.4 Å². The van der Waals surface area contributed by atoms with Crippen LogP contribution in [0, 0.1) is 13.8 Å². The molecule has 0 spiro atoms. The largest absolute Gasteiger partial charge is 0.384 e. The van der Waals surface area contributed by atoms with Crippen molar-refractivity contribution in [1.29, 1.82) is 0 Å². The van der Waals surface area contributed by atoms with Gasteiger partial charge in [0.25, 0.3) is 0 Å². The molecule has 3 aromatic rings. The molecule has 0 aliphatic carbocycles. The molecule has 0 saturated heterocycles. The molecule has 0 fully saturated rings. The quantitative estimate of drug-likeness (QED) is 0.494. The number of imidazole rings is 1. The maximum atomic E-state index is 12.4. The number of sulfone groups is 1. The molecule has 0 aliphatic heterocycles. The first kappa shape index (κ1) is 22.2. The van der Waals surface area contributed by atoms with E-state index in [1.807, 2.05) is 19.9 Å². The lowest BCUT2D eigenvalue weighted by Crippen LogP contribution is -2.09. The predicted octanol–water partition coefficient (Wildman–Crippen LogP) is 3.46. The van der Waals surface area contributed by atoms with Gasteiger partial charge in [0.1, 0.15) is 11.3 Å². The molecule has 8 heteroatoms. The summed E-state index contributed by atoms with van der Waals surface area (Å²) in [5.74, 6) is 1.53. The molecule has 0 radical (unpaired) electrons. The maximum absolute atomic E-state index is 12.4. The number of nitrogens with zero attached hydrogens (tertiary/aromatic N) is 3. The van der Waals surface area contributed by atoms with Crippen molar-refractivity contribution in [1.82, 2.24) is 14.5 Å². The number of hydrogen-bond donors (Lipinski definition) is 1. The molecule has 1 aromatic carbocycles. The van der Waals surface area contributed by atoms with Crippen LogP contribution in [0.5, 0.6) is 0 Å². The molecule has 30 heavy (non-hydrogen) atoms. The summed E-state index contributed by atoms with van der Waals surface area (Å²) < 4.78 is 32.3. The first-order valence-corrected chi connectivity index (χ1v) is 11.9. The minimum atomic E-state index is -3.23. The standard InChI is InChI=1S/C22H30N4O3S/c1-16-17(2)24-22(23)20-21(16)26(19(25-20)12-14-29-3)13-8-5-9-15-30(27,28)18-10-6-4-7-11-18/h4,6-7,10-11H,5,8-9,12-15H2,1-3H3,(H2,23,24). The fourth-order valence-electron chi connectivity index (χ4n) is 3.66. The number of rotatable bonds is 10. The van der Waals surface area contributed by atoms with Gasteiger partial charge in [-0.1, -0.05) is 24.6 Å². The third-order valence-electron chi connectivity index (χ3n) is 5.40. The van der Waals surface area contributed by atoms with Crippen LogP contribution in [0.2, 0.25) is 0 Å². The van der Waals surface area contributed by atoms with Gasteiger partial charge in [-0.15, -0.1) is 0 Å². The molecule has 0 atom stereocenters. The predicted molar refractivity (Wildman–Crippen MR) is 119 cm³/mol. The van der Waals surface area contributed by atoms with Gasteiger partial charge in [0.2, 0.25) is 0 Å². The summed E-state index contributed by atoms with van der Waals surface area (Å²) >= 11 is 0. The van der Waals surface area contributed by atoms with Crippen LogP contribution in [0.1, 0.15) is 36.3 Å². The third-order valence-corrected chi connectivity index (χ3v) is 7.22. The Bertz CT molecular complexity index is 1110. The smallest absolute Gasteiger partial charge is 0.178 e. The molecule has 7 nitrogen and oxygen atoms in total. The molecule has 2 N–H and O–H groups in total. The molecule has 2 heterocycles. The highest BCUT2D eigenvalue weighted by molar-refractivity contribution is 7.91. The average Bonchev–Trinajstić information content (AvgIpc) is 3.10. The Kier molecular flexibility index (Phi) is 7.10. The van der Waals surface area contributed by atoms with Crippen LogP contribution >= 0.6 is 0 Å². The van der Waals surface area contributed by atoms with Gasteiger partial charge in [0.05, 0.1) is 22.8 Å². The zero-order valence-electron chi connectivity index (χ0n) is 17.9. The van der Waals surface area contributed by atoms with Crippen LogP contribution in [-0.4, -0.2) is 42.4 Å². The number of aromatic nitrogens is 3. The first-order chi connectivity index (χ1) is 14.3. The summed E-state index contributed by atoms with van der Waals surface area (Å²) in [6, 6.07) is 8.63. The lowest BCUT2D eigenvalue weighted by molar-refractivity contribution is 0.199. The van der Waals surface area contributed by atoms with Gasteiger partial charge in [-0.05, 0) is 44.4 Å². The highest BCUT2D eigenvalue weighted by atomic mass is 32.2. The Hall–Kier alpha value is -2.45. The Morgan fingerprint density at radius 3 is 2.50 bits per heavy atom. The summed E-state index contributed by atoms with van der Waals surface area (Å²) in [5, 5.41) is 0. The molecule has 2 aromatic heterocycles. The third kappa shape index (κ3) is 4.82. The van der Waals surface area contributed by atoms with Crippen LogP contribution in [0.25, 0.3) is 11.0 Å². The number of nitrogens with two attached hydrogens (primary N) is 1. The number of hydrogen-bond acceptors (Lipinski definition) is 6. The van der Waals surface area contributed by atoms with Gasteiger partial charge in [-0.25, -0.2) is 18.4 Å². The first-order valence-electron chi connectivity index (χ1n) is 10.2. The van der Waals surface area contributed by atoms with Crippen LogP contribution in [-0.2, 0) is 27.5 Å². The van der Waals surface area contributed by atoms with Crippen molar-refractivity contribution in [3.8, 4) is 0 Å². The number of fused-ring (bicyclic) bond motifs is 1. The lowest BCUT2D eigenvalue weighted by Gasteiger charge is -2.12. The second-order valence-corrected chi connectivity index (χ2v) is 9.63. The zero-order valence-corrected chi connectivity index (χ0v) is 18.7. The molecular formula is C22H30N4O3S. The Labute approximate surface area is 178 Å². The average molecular weight is 431 g/mol. The molecule has 162 valence electrons. The van der Waals surface area contributed by atoms with Crippen LogP contribution in [0.3, 0.4) is 0 Å². The normalized spacial score (nSPS) is 12.0. The summed E-state index contributed by atoms with van der Waals surface area (Å²) in [5.41, 5.74) is 9.85. The van der Waals surface area contributed by atoms with E-state index in [0.29, 0.717) is 30.2 Å². The number of nitrogen functional groups attached to an aromatic ring is 1. The van der Waals surface area contributed by atoms with Crippen molar-refractivity contribution >= 4 is 26.7 Å². The molecule has 0 saturated carbocycles. The fourth-order valence-corrected chi connectivity index (χ4v) is 5.05. The SMILES string of the molecule is COCCc1nc2c(N)nc(C)c(C)c2n1CCCCCS(=O)(=O)c1ccccc1. The number of aryl methyl sites for hydroxylation is 3. The van der Waals surface area contributed by atoms with Crippen molar-refractivity contribution in [3.05, 3.63) is 47.4 Å². The van der Waals surface area contributed by atoms with Crippen molar-refractivity contribution in [2.45, 2.75) is 51.0 Å². The van der Waals surface area contributed by atoms with Gasteiger partial charge < -0.3 is 15.0 Å². The fraction of sp³-hybridized carbons (Fsp3) is 0.455. The van der Waals surface area contributed by atoms with E-state index in [2.05, 4.69) is 9.55 Å². The molecule has 0 aliphatic rings. The topological polar surface area (TPSA) is 100 Å². The number of methoxy groups -OCH3 is 1. The lowest BCUT2D eigenvalue weighted by atomic mass is 10.2. The monoisotopic (exact) mass is 430 g/mol. The van der Waals surface area contributed by atoms with Crippen molar-refractivity contribution in [2.75, 3.05) is 25.2 Å². The van der Waals surface area contributed by atoms with E-state index in [4.69, 9.17) is 15.5 Å². The number of unbranched alkanes of at least 4 members (excludes halogenated alkanes) is 2. The van der Waals surface area contributed by atoms with Crippen LogP contribution < -0.4 is 5.73 Å². The second kappa shape index (κ2) is 9.57. The summed E-state index contributed by atoms with van der Waals surface area (Å²) in [7, 11) is -1.56. The number of pyridine rings is 1. The second-order valence-electron chi connectivity index (χ2n) is 7.52. The van der Waals surface area contributed by atoms with Gasteiger partial charge in [0.15, 0.2) is 15.7 Å². The molecular weight excluding hydrogens is 400 g/mol. The maximum Gasteiger partial charge on any atom is 0.178 e. The van der Waals surface area contributed by atoms with Crippen molar-refractivity contribution < 1.29 is 13.2 Å². The van der Waals surface area contributed by atoms with Crippen LogP contribution in [0.4, 0.5) is 5.82 Å². The van der Waals surface area contributed by atoms with E-state index in [-0.39, 0.29) is 5.75 Å². The molecule has 0 unspecified atom stereocenters. The number of anilines is 1. The Balaban J connectivity index is 1.71. The number of ether oxygens (including phenoxy) is 1. The number of benzene rings is 1. The van der Waals surface area contributed by atoms with Crippen LogP contribution in [0.15, 0.2) is 35.2 Å². The summed E-state index contributed by atoms with van der Waals surface area (Å²) in [4.78, 5) is 9.52. The van der Waals surface area contributed by atoms with Gasteiger partial charge in [-0.2, -0.15) is 0 Å². The van der Waals surface area contributed by atoms with E-state index in [9.17, 15) is 8.42 Å². The zero-order chi connectivity index (χ0) is 21.7. The van der Waals surface area contributed by atoms with Gasteiger partial charge in [-0.3, -0.25) is 0 Å². The highest BCUT2D eigenvalue weighted by Crippen LogP contribution is 2.27. The van der Waals surface area contributed by atoms with E-state index in [0.717, 1.165) is 47.5 Å². The molecule has 0 bridgehead atoms. The van der Waals surface area contributed by atoms with Gasteiger partial charge >= 0.3 is 0 Å². The van der Waals surface area contributed by atoms with E-state index in [1.165, 1.54) is 0 Å². The molecule has 0 amide bonds. The minimum absolute atomic E-state index is 0.160. The van der Waals surface area contributed by atoms with E-state index >= 15 is 0 Å². The van der Waals surface area contributed by atoms with Crippen molar-refractivity contribution in [3.63, 3.8) is 0 Å².